The van der Waals surface area contributed by atoms with Crippen molar-refractivity contribution in [2.45, 2.75) is 13.3 Å². The number of hydrogen-bond acceptors (Lipinski definition) is 1. The van der Waals surface area contributed by atoms with Crippen molar-refractivity contribution in [2.24, 2.45) is 0 Å². The average Bonchev–Trinajstić information content (AvgIpc) is 3.19. The second-order valence-corrected chi connectivity index (χ2v) is 7.31. The van der Waals surface area contributed by atoms with Gasteiger partial charge in [-0.25, -0.2) is 0 Å². The van der Waals surface area contributed by atoms with Gasteiger partial charge in [0.05, 0.1) is 11.2 Å². The molecule has 2 aromatic heterocycles. The number of ketones is 1. The van der Waals surface area contributed by atoms with E-state index in [1.807, 2.05) is 65.2 Å². The Morgan fingerprint density at radius 2 is 1.55 bits per heavy atom. The minimum atomic E-state index is 0.0418. The summed E-state index contributed by atoms with van der Waals surface area (Å²) < 4.78 is 2.04. The lowest BCUT2D eigenvalue weighted by Gasteiger charge is -2.07. The number of benzene rings is 3. The van der Waals surface area contributed by atoms with Crippen LogP contribution in [0.2, 0.25) is 0 Å². The van der Waals surface area contributed by atoms with Gasteiger partial charge in [0.1, 0.15) is 0 Å². The average molecular weight is 375 g/mol. The quantitative estimate of drug-likeness (QED) is 0.326. The molecule has 0 aliphatic heterocycles. The van der Waals surface area contributed by atoms with Crippen LogP contribution in [-0.4, -0.2) is 10.2 Å². The Bertz CT molecular complexity index is 1330. The van der Waals surface area contributed by atoms with Crippen LogP contribution in [0.3, 0.4) is 0 Å². The van der Waals surface area contributed by atoms with Gasteiger partial charge >= 0.3 is 0 Å². The molecule has 0 N–H and O–H groups in total. The van der Waals surface area contributed by atoms with Crippen LogP contribution in [0.15, 0.2) is 97.2 Å². The van der Waals surface area contributed by atoms with Crippen molar-refractivity contribution < 1.29 is 4.79 Å². The molecule has 5 rings (SSSR count). The van der Waals surface area contributed by atoms with E-state index in [1.54, 1.807) is 0 Å². The fourth-order valence-corrected chi connectivity index (χ4v) is 4.02. The van der Waals surface area contributed by atoms with Gasteiger partial charge in [0.15, 0.2) is 0 Å². The van der Waals surface area contributed by atoms with Gasteiger partial charge in [0, 0.05) is 22.7 Å². The number of carbonyl (C=O) groups excluding carboxylic acids is 1. The fourth-order valence-electron chi connectivity index (χ4n) is 4.02. The second kappa shape index (κ2) is 7.06. The summed E-state index contributed by atoms with van der Waals surface area (Å²) in [7, 11) is 0. The highest BCUT2D eigenvalue weighted by Gasteiger charge is 2.19. The molecule has 2 heteroatoms. The van der Waals surface area contributed by atoms with Crippen LogP contribution in [0.5, 0.6) is 0 Å². The number of aryl methyl sites for hydroxylation is 1. The maximum atomic E-state index is 13.4. The van der Waals surface area contributed by atoms with E-state index < -0.39 is 0 Å². The monoisotopic (exact) mass is 375 g/mol. The lowest BCUT2D eigenvalue weighted by atomic mass is 10.0. The van der Waals surface area contributed by atoms with Gasteiger partial charge in [-0.3, -0.25) is 4.79 Å². The van der Waals surface area contributed by atoms with E-state index in [-0.39, 0.29) is 5.78 Å². The molecule has 0 fully saturated rings. The number of rotatable bonds is 4. The molecule has 0 saturated carbocycles. The van der Waals surface area contributed by atoms with Crippen LogP contribution < -0.4 is 0 Å². The van der Waals surface area contributed by atoms with Gasteiger partial charge in [0.25, 0.3) is 0 Å². The van der Waals surface area contributed by atoms with E-state index in [9.17, 15) is 4.79 Å². The van der Waals surface area contributed by atoms with Gasteiger partial charge in [-0.2, -0.15) is 0 Å². The summed E-state index contributed by atoms with van der Waals surface area (Å²) in [4.78, 5) is 13.4. The molecular weight excluding hydrogens is 354 g/mol. The molecule has 140 valence electrons. The number of aromatic nitrogens is 1. The zero-order valence-electron chi connectivity index (χ0n) is 16.3. The van der Waals surface area contributed by atoms with Crippen molar-refractivity contribution in [3.8, 4) is 11.1 Å². The van der Waals surface area contributed by atoms with Gasteiger partial charge in [0.2, 0.25) is 5.78 Å². The van der Waals surface area contributed by atoms with Crippen molar-refractivity contribution in [3.63, 3.8) is 0 Å². The Kier molecular flexibility index (Phi) is 4.25. The maximum Gasteiger partial charge on any atom is 0.209 e. The van der Waals surface area contributed by atoms with Crippen LogP contribution in [-0.2, 0) is 6.42 Å². The smallest absolute Gasteiger partial charge is 0.209 e. The normalized spacial score (nSPS) is 11.2. The van der Waals surface area contributed by atoms with Crippen molar-refractivity contribution in [1.82, 2.24) is 4.40 Å². The molecule has 2 heterocycles. The van der Waals surface area contributed by atoms with E-state index in [4.69, 9.17) is 0 Å². The van der Waals surface area contributed by atoms with Crippen LogP contribution in [0, 0.1) is 0 Å². The van der Waals surface area contributed by atoms with Crippen molar-refractivity contribution in [3.05, 3.63) is 114 Å². The lowest BCUT2D eigenvalue weighted by Crippen LogP contribution is -2.05. The fraction of sp³-hybridized carbons (Fsp3) is 0.0741. The van der Waals surface area contributed by atoms with Crippen molar-refractivity contribution >= 4 is 22.1 Å². The third kappa shape index (κ3) is 2.94. The largest absolute Gasteiger partial charge is 0.312 e. The highest BCUT2D eigenvalue weighted by atomic mass is 16.1. The summed E-state index contributed by atoms with van der Waals surface area (Å²) in [5, 5.41) is 2.32. The van der Waals surface area contributed by atoms with Crippen LogP contribution in [0.25, 0.3) is 27.4 Å². The molecular formula is C27H21NO. The Morgan fingerprint density at radius 3 is 2.31 bits per heavy atom. The molecule has 0 aliphatic carbocycles. The molecule has 29 heavy (non-hydrogen) atoms. The Morgan fingerprint density at radius 1 is 0.828 bits per heavy atom. The SMILES string of the molecule is CCc1ccc(C(=O)c2cc(-c3ccccc3)c3c4ccccc4ccn23)cc1. The van der Waals surface area contributed by atoms with Crippen LogP contribution in [0.4, 0.5) is 0 Å². The molecule has 0 bridgehead atoms. The third-order valence-corrected chi connectivity index (χ3v) is 5.60. The van der Waals surface area contributed by atoms with Crippen molar-refractivity contribution in [2.75, 3.05) is 0 Å². The highest BCUT2D eigenvalue weighted by molar-refractivity contribution is 6.13. The summed E-state index contributed by atoms with van der Waals surface area (Å²) in [5.41, 5.74) is 5.90. The van der Waals surface area contributed by atoms with E-state index in [0.29, 0.717) is 5.69 Å². The van der Waals surface area contributed by atoms with Crippen LogP contribution >= 0.6 is 0 Å². The first-order chi connectivity index (χ1) is 14.3. The van der Waals surface area contributed by atoms with Gasteiger partial charge in [-0.15, -0.1) is 0 Å². The molecule has 0 aliphatic rings. The van der Waals surface area contributed by atoms with E-state index in [2.05, 4.69) is 43.3 Å². The van der Waals surface area contributed by atoms with Crippen molar-refractivity contribution in [1.29, 1.82) is 0 Å². The Balaban J connectivity index is 1.78. The molecule has 0 radical (unpaired) electrons. The van der Waals surface area contributed by atoms with Gasteiger partial charge in [-0.1, -0.05) is 85.8 Å². The predicted molar refractivity (Wildman–Crippen MR) is 120 cm³/mol. The number of pyridine rings is 1. The molecule has 2 nitrogen and oxygen atoms in total. The first-order valence-electron chi connectivity index (χ1n) is 9.98. The van der Waals surface area contributed by atoms with E-state index >= 15 is 0 Å². The Labute approximate surface area is 170 Å². The molecule has 0 atom stereocenters. The number of nitrogens with zero attached hydrogens (tertiary/aromatic N) is 1. The minimum Gasteiger partial charge on any atom is -0.312 e. The standard InChI is InChI=1S/C27H21NO/c1-2-19-12-14-22(15-13-19)27(29)25-18-24(20-8-4-3-5-9-20)26-23-11-7-6-10-21(23)16-17-28(25)26/h3-18H,2H2,1H3. The predicted octanol–water partition coefficient (Wildman–Crippen LogP) is 6.55. The number of carbonyl (C=O) groups is 1. The molecule has 0 spiro atoms. The summed E-state index contributed by atoms with van der Waals surface area (Å²) in [6.07, 6.45) is 2.98. The summed E-state index contributed by atoms with van der Waals surface area (Å²) in [6.45, 7) is 2.12. The first-order valence-corrected chi connectivity index (χ1v) is 9.98. The summed E-state index contributed by atoms with van der Waals surface area (Å²) in [5.74, 6) is 0.0418. The van der Waals surface area contributed by atoms with E-state index in [0.717, 1.165) is 34.0 Å². The number of fused-ring (bicyclic) bond motifs is 3. The molecule has 3 aromatic carbocycles. The topological polar surface area (TPSA) is 21.5 Å². The zero-order valence-corrected chi connectivity index (χ0v) is 16.3. The lowest BCUT2D eigenvalue weighted by molar-refractivity contribution is 0.103. The van der Waals surface area contributed by atoms with Gasteiger partial charge in [-0.05, 0) is 35.1 Å². The third-order valence-electron chi connectivity index (χ3n) is 5.60. The first kappa shape index (κ1) is 17.4. The summed E-state index contributed by atoms with van der Waals surface area (Å²) in [6, 6.07) is 30.7. The van der Waals surface area contributed by atoms with E-state index in [1.165, 1.54) is 10.9 Å². The molecule has 0 saturated heterocycles. The number of hydrogen-bond donors (Lipinski definition) is 0. The maximum absolute atomic E-state index is 13.4. The molecule has 0 unspecified atom stereocenters. The minimum absolute atomic E-state index is 0.0418. The molecule has 5 aromatic rings. The van der Waals surface area contributed by atoms with Gasteiger partial charge < -0.3 is 4.40 Å². The highest BCUT2D eigenvalue weighted by Crippen LogP contribution is 2.34. The molecule has 0 amide bonds. The van der Waals surface area contributed by atoms with Crippen LogP contribution in [0.1, 0.15) is 28.5 Å². The summed E-state index contributed by atoms with van der Waals surface area (Å²) >= 11 is 0. The second-order valence-electron chi connectivity index (χ2n) is 7.31. The Hall–Kier alpha value is -3.65. The zero-order chi connectivity index (χ0) is 19.8.